The predicted molar refractivity (Wildman–Crippen MR) is 74.4 cm³/mol. The van der Waals surface area contributed by atoms with Gasteiger partial charge in [-0.05, 0) is 20.8 Å². The number of amides is 1. The van der Waals surface area contributed by atoms with Crippen LogP contribution in [0.15, 0.2) is 0 Å². The van der Waals surface area contributed by atoms with E-state index in [0.29, 0.717) is 10.6 Å². The number of hydrogen-bond donors (Lipinski definition) is 0. The van der Waals surface area contributed by atoms with Gasteiger partial charge in [0.05, 0.1) is 30.8 Å². The zero-order valence-corrected chi connectivity index (χ0v) is 13.1. The Morgan fingerprint density at radius 1 is 1.29 bits per heavy atom. The van der Waals surface area contributed by atoms with Crippen LogP contribution in [0.25, 0.3) is 0 Å². The molecule has 1 amide bonds. The summed E-state index contributed by atoms with van der Waals surface area (Å²) in [5.74, 6) is -0.846. The number of carbonyl (C=O) groups excluding carboxylic acids is 3. The van der Waals surface area contributed by atoms with Gasteiger partial charge in [0.15, 0.2) is 5.78 Å². The van der Waals surface area contributed by atoms with Crippen LogP contribution in [-0.2, 0) is 16.0 Å². The normalized spacial score (nSPS) is 14.7. The number of carbonyl (C=O) groups is 3. The van der Waals surface area contributed by atoms with Gasteiger partial charge in [-0.2, -0.15) is 0 Å². The van der Waals surface area contributed by atoms with Crippen LogP contribution in [0.1, 0.15) is 45.9 Å². The van der Waals surface area contributed by atoms with Gasteiger partial charge in [-0.3, -0.25) is 9.69 Å². The average molecular weight is 312 g/mol. The predicted octanol–water partition coefficient (Wildman–Crippen LogP) is 1.86. The molecule has 1 aliphatic heterocycles. The van der Waals surface area contributed by atoms with Crippen molar-refractivity contribution in [3.8, 4) is 0 Å². The maximum atomic E-state index is 12.1. The third kappa shape index (κ3) is 3.38. The summed E-state index contributed by atoms with van der Waals surface area (Å²) < 4.78 is 9.82. The van der Waals surface area contributed by atoms with Crippen molar-refractivity contribution in [3.05, 3.63) is 15.6 Å². The van der Waals surface area contributed by atoms with Crippen molar-refractivity contribution >= 4 is 29.2 Å². The summed E-state index contributed by atoms with van der Waals surface area (Å²) in [6, 6.07) is 0. The smallest absolute Gasteiger partial charge is 0.411 e. The molecule has 0 aliphatic carbocycles. The van der Waals surface area contributed by atoms with E-state index in [9.17, 15) is 14.4 Å². The Bertz CT molecular complexity index is 602. The van der Waals surface area contributed by atoms with Crippen LogP contribution in [0.5, 0.6) is 0 Å². The molecule has 2 heterocycles. The van der Waals surface area contributed by atoms with Crippen molar-refractivity contribution in [2.75, 3.05) is 13.7 Å². The van der Waals surface area contributed by atoms with E-state index in [1.165, 1.54) is 12.0 Å². The average Bonchev–Trinajstić information content (AvgIpc) is 2.80. The van der Waals surface area contributed by atoms with Crippen LogP contribution in [0.3, 0.4) is 0 Å². The van der Waals surface area contributed by atoms with E-state index in [1.54, 1.807) is 20.8 Å². The molecule has 0 atom stereocenters. The number of hydrogen-bond acceptors (Lipinski definition) is 7. The highest BCUT2D eigenvalue weighted by atomic mass is 32.1. The molecule has 0 saturated carbocycles. The molecule has 0 bridgehead atoms. The standard InChI is InChI=1S/C13H16N2O5S/c1-13(2,3)20-12(18)15-5-7-9(8(16)6-15)21-10(14-7)11(17)19-4/h5-6H2,1-4H3. The van der Waals surface area contributed by atoms with E-state index in [2.05, 4.69) is 9.72 Å². The van der Waals surface area contributed by atoms with Gasteiger partial charge in [0.2, 0.25) is 5.01 Å². The summed E-state index contributed by atoms with van der Waals surface area (Å²) in [5.41, 5.74) is -0.234. The summed E-state index contributed by atoms with van der Waals surface area (Å²) in [5, 5.41) is 0.113. The first kappa shape index (κ1) is 15.4. The highest BCUT2D eigenvalue weighted by Gasteiger charge is 2.33. The largest absolute Gasteiger partial charge is 0.464 e. The molecule has 7 nitrogen and oxygen atoms in total. The summed E-state index contributed by atoms with van der Waals surface area (Å²) in [6.07, 6.45) is -0.575. The van der Waals surface area contributed by atoms with Crippen molar-refractivity contribution in [3.63, 3.8) is 0 Å². The van der Waals surface area contributed by atoms with Crippen LogP contribution < -0.4 is 0 Å². The third-order valence-corrected chi connectivity index (χ3v) is 3.76. The second-order valence-electron chi connectivity index (χ2n) is 5.55. The summed E-state index contributed by atoms with van der Waals surface area (Å²) >= 11 is 0.989. The van der Waals surface area contributed by atoms with Gasteiger partial charge >= 0.3 is 12.1 Å². The number of esters is 1. The number of nitrogens with zero attached hydrogens (tertiary/aromatic N) is 2. The van der Waals surface area contributed by atoms with Crippen molar-refractivity contribution in [2.24, 2.45) is 0 Å². The zero-order valence-electron chi connectivity index (χ0n) is 12.3. The maximum Gasteiger partial charge on any atom is 0.411 e. The summed E-state index contributed by atoms with van der Waals surface area (Å²) in [7, 11) is 1.25. The number of fused-ring (bicyclic) bond motifs is 1. The zero-order chi connectivity index (χ0) is 15.8. The first-order chi connectivity index (χ1) is 9.71. The van der Waals surface area contributed by atoms with Gasteiger partial charge in [0.25, 0.3) is 0 Å². The molecule has 21 heavy (non-hydrogen) atoms. The van der Waals surface area contributed by atoms with Crippen LogP contribution in [0.4, 0.5) is 4.79 Å². The Morgan fingerprint density at radius 2 is 1.95 bits per heavy atom. The van der Waals surface area contributed by atoms with E-state index in [-0.39, 0.29) is 23.9 Å². The highest BCUT2D eigenvalue weighted by molar-refractivity contribution is 7.15. The molecule has 1 aromatic heterocycles. The molecule has 0 spiro atoms. The number of thiazole rings is 1. The molecule has 8 heteroatoms. The lowest BCUT2D eigenvalue weighted by Gasteiger charge is -2.28. The van der Waals surface area contributed by atoms with E-state index in [4.69, 9.17) is 4.74 Å². The van der Waals surface area contributed by atoms with Gasteiger partial charge in [0.1, 0.15) is 5.60 Å². The Labute approximate surface area is 125 Å². The fourth-order valence-corrected chi connectivity index (χ4v) is 2.71. The maximum absolute atomic E-state index is 12.1. The van der Waals surface area contributed by atoms with Crippen LogP contribution in [0, 0.1) is 0 Å². The lowest BCUT2D eigenvalue weighted by atomic mass is 10.1. The van der Waals surface area contributed by atoms with E-state index in [0.717, 1.165) is 11.3 Å². The molecule has 0 radical (unpaired) electrons. The molecule has 1 aliphatic rings. The van der Waals surface area contributed by atoms with E-state index in [1.807, 2.05) is 0 Å². The Balaban J connectivity index is 2.20. The van der Waals surface area contributed by atoms with E-state index >= 15 is 0 Å². The van der Waals surface area contributed by atoms with Gasteiger partial charge in [0, 0.05) is 0 Å². The molecule has 2 rings (SSSR count). The molecule has 1 aromatic rings. The lowest BCUT2D eigenvalue weighted by Crippen LogP contribution is -2.42. The minimum atomic E-state index is -0.639. The van der Waals surface area contributed by atoms with Crippen molar-refractivity contribution < 1.29 is 23.9 Å². The van der Waals surface area contributed by atoms with Crippen LogP contribution >= 0.6 is 11.3 Å². The fourth-order valence-electron chi connectivity index (χ4n) is 1.79. The number of ketones is 1. The number of aromatic nitrogens is 1. The van der Waals surface area contributed by atoms with Crippen LogP contribution in [0.2, 0.25) is 0 Å². The first-order valence-electron chi connectivity index (χ1n) is 6.30. The number of Topliss-reactive ketones (excluding diaryl/α,β-unsaturated/α-hetero) is 1. The monoisotopic (exact) mass is 312 g/mol. The van der Waals surface area contributed by atoms with E-state index < -0.39 is 17.7 Å². The Hall–Kier alpha value is -1.96. The molecule has 114 valence electrons. The Kier molecular flexibility index (Phi) is 3.99. The lowest BCUT2D eigenvalue weighted by molar-refractivity contribution is 0.0219. The molecule has 0 fully saturated rings. The molecule has 0 unspecified atom stereocenters. The topological polar surface area (TPSA) is 85.8 Å². The van der Waals surface area contributed by atoms with Gasteiger partial charge in [-0.25, -0.2) is 14.6 Å². The Morgan fingerprint density at radius 3 is 2.52 bits per heavy atom. The van der Waals surface area contributed by atoms with Gasteiger partial charge in [-0.15, -0.1) is 11.3 Å². The first-order valence-corrected chi connectivity index (χ1v) is 7.12. The quantitative estimate of drug-likeness (QED) is 0.736. The van der Waals surface area contributed by atoms with Crippen molar-refractivity contribution in [2.45, 2.75) is 32.9 Å². The molecule has 0 N–H and O–H groups in total. The number of methoxy groups -OCH3 is 1. The minimum absolute atomic E-state index is 0.0787. The van der Waals surface area contributed by atoms with Gasteiger partial charge in [-0.1, -0.05) is 0 Å². The second kappa shape index (κ2) is 5.44. The molecular weight excluding hydrogens is 296 g/mol. The van der Waals surface area contributed by atoms with Crippen molar-refractivity contribution in [1.29, 1.82) is 0 Å². The molecule has 0 saturated heterocycles. The fraction of sp³-hybridized carbons (Fsp3) is 0.538. The highest BCUT2D eigenvalue weighted by Crippen LogP contribution is 2.26. The SMILES string of the molecule is COC(=O)c1nc2c(s1)C(=O)CN(C(=O)OC(C)(C)C)C2. The molecule has 0 aromatic carbocycles. The second-order valence-corrected chi connectivity index (χ2v) is 6.55. The summed E-state index contributed by atoms with van der Waals surface area (Å²) in [4.78, 5) is 41.3. The van der Waals surface area contributed by atoms with Crippen molar-refractivity contribution in [1.82, 2.24) is 9.88 Å². The molecular formula is C13H16N2O5S. The minimum Gasteiger partial charge on any atom is -0.464 e. The number of ether oxygens (including phenoxy) is 2. The van der Waals surface area contributed by atoms with Gasteiger partial charge < -0.3 is 9.47 Å². The number of rotatable bonds is 1. The third-order valence-electron chi connectivity index (χ3n) is 2.64. The summed E-state index contributed by atoms with van der Waals surface area (Å²) in [6.45, 7) is 5.31. The van der Waals surface area contributed by atoms with Crippen LogP contribution in [-0.4, -0.2) is 47.0 Å².